The second kappa shape index (κ2) is 5.45. The SMILES string of the molecule is CC12CN3CC(C)(CN(C1)C3[C@H](O)[C@@H](O)[C@@H](O)[C@@H](O)CO)C2=O. The summed E-state index contributed by atoms with van der Waals surface area (Å²) in [6, 6.07) is 0. The lowest BCUT2D eigenvalue weighted by molar-refractivity contribution is -0.228. The quantitative estimate of drug-likeness (QED) is 0.361. The Morgan fingerprint density at radius 3 is 1.83 bits per heavy atom. The Balaban J connectivity index is 1.80. The van der Waals surface area contributed by atoms with Gasteiger partial charge in [0.05, 0.1) is 23.6 Å². The fraction of sp³-hybridized carbons (Fsp3) is 0.933. The van der Waals surface area contributed by atoms with Crippen molar-refractivity contribution in [1.82, 2.24) is 9.80 Å². The first kappa shape index (κ1) is 17.2. The van der Waals surface area contributed by atoms with Crippen LogP contribution < -0.4 is 0 Å². The molecule has 0 radical (unpaired) electrons. The predicted octanol–water partition coefficient (Wildman–Crippen LogP) is -3.03. The highest BCUT2D eigenvalue weighted by Gasteiger charge is 2.63. The van der Waals surface area contributed by atoms with Crippen molar-refractivity contribution >= 4 is 5.78 Å². The van der Waals surface area contributed by atoms with Gasteiger partial charge in [0.15, 0.2) is 0 Å². The number of piperidine rings is 2. The molecule has 0 unspecified atom stereocenters. The van der Waals surface area contributed by atoms with Crippen LogP contribution in [0.3, 0.4) is 0 Å². The first-order valence-corrected chi connectivity index (χ1v) is 7.99. The highest BCUT2D eigenvalue weighted by atomic mass is 16.4. The number of aliphatic hydroxyl groups excluding tert-OH is 5. The van der Waals surface area contributed by atoms with Gasteiger partial charge in [0.1, 0.15) is 30.2 Å². The van der Waals surface area contributed by atoms with E-state index in [0.717, 1.165) is 0 Å². The summed E-state index contributed by atoms with van der Waals surface area (Å²) in [4.78, 5) is 16.5. The highest BCUT2D eigenvalue weighted by molar-refractivity contribution is 5.92. The maximum Gasteiger partial charge on any atom is 0.149 e. The Morgan fingerprint density at radius 1 is 1.00 bits per heavy atom. The maximum atomic E-state index is 12.6. The molecule has 4 aliphatic rings. The Labute approximate surface area is 134 Å². The lowest BCUT2D eigenvalue weighted by Gasteiger charge is -2.65. The average Bonchev–Trinajstić information content (AvgIpc) is 2.48. The standard InChI is InChI=1S/C15H26N2O6/c1-14-4-16-6-15(2,13(14)23)7-17(5-14)12(16)11(22)10(21)9(20)8(19)3-18/h8-12,18-22H,3-7H2,1-2H3/t8-,9-,10-,11+,12?,14?,15?/m0/s1. The van der Waals surface area contributed by atoms with Crippen molar-refractivity contribution in [2.24, 2.45) is 10.8 Å². The summed E-state index contributed by atoms with van der Waals surface area (Å²) < 4.78 is 0. The van der Waals surface area contributed by atoms with Gasteiger partial charge in [-0.15, -0.1) is 0 Å². The van der Waals surface area contributed by atoms with Gasteiger partial charge in [0, 0.05) is 26.2 Å². The van der Waals surface area contributed by atoms with Gasteiger partial charge in [-0.25, -0.2) is 0 Å². The van der Waals surface area contributed by atoms with Crippen molar-refractivity contribution < 1.29 is 30.3 Å². The van der Waals surface area contributed by atoms with Gasteiger partial charge in [0.25, 0.3) is 0 Å². The van der Waals surface area contributed by atoms with Crippen LogP contribution in [-0.4, -0.2) is 104 Å². The van der Waals surface area contributed by atoms with Crippen LogP contribution in [0.25, 0.3) is 0 Å². The van der Waals surface area contributed by atoms with Gasteiger partial charge in [-0.2, -0.15) is 0 Å². The van der Waals surface area contributed by atoms with Gasteiger partial charge in [-0.05, 0) is 0 Å². The monoisotopic (exact) mass is 330 g/mol. The molecule has 8 heteroatoms. The molecule has 0 saturated carbocycles. The van der Waals surface area contributed by atoms with E-state index in [1.54, 1.807) is 0 Å². The van der Waals surface area contributed by atoms with Crippen molar-refractivity contribution in [3.8, 4) is 0 Å². The van der Waals surface area contributed by atoms with Gasteiger partial charge in [0.2, 0.25) is 0 Å². The molecule has 4 rings (SSSR count). The van der Waals surface area contributed by atoms with Crippen LogP contribution in [0.1, 0.15) is 13.8 Å². The average molecular weight is 330 g/mol. The fourth-order valence-electron chi connectivity index (χ4n) is 4.77. The molecule has 132 valence electrons. The molecule has 4 bridgehead atoms. The van der Waals surface area contributed by atoms with E-state index in [9.17, 15) is 25.2 Å². The minimum Gasteiger partial charge on any atom is -0.394 e. The Kier molecular flexibility index (Phi) is 4.08. The molecule has 4 aliphatic heterocycles. The van der Waals surface area contributed by atoms with E-state index in [0.29, 0.717) is 26.2 Å². The molecule has 5 N–H and O–H groups in total. The van der Waals surface area contributed by atoms with Crippen molar-refractivity contribution in [3.05, 3.63) is 0 Å². The summed E-state index contributed by atoms with van der Waals surface area (Å²) in [5, 5.41) is 48.9. The van der Waals surface area contributed by atoms with Crippen molar-refractivity contribution in [2.45, 2.75) is 44.4 Å². The number of carbonyl (C=O) groups excluding carboxylic acids is 1. The van der Waals surface area contributed by atoms with Crippen LogP contribution >= 0.6 is 0 Å². The number of carbonyl (C=O) groups is 1. The Bertz CT molecular complexity index is 460. The van der Waals surface area contributed by atoms with Crippen LogP contribution in [-0.2, 0) is 4.79 Å². The number of hydrogen-bond donors (Lipinski definition) is 5. The molecule has 0 aliphatic carbocycles. The molecule has 23 heavy (non-hydrogen) atoms. The number of hydrogen-bond acceptors (Lipinski definition) is 8. The van der Waals surface area contributed by atoms with E-state index < -0.39 is 48.0 Å². The second-order valence-electron chi connectivity index (χ2n) is 7.90. The smallest absolute Gasteiger partial charge is 0.149 e. The molecule has 4 saturated heterocycles. The van der Waals surface area contributed by atoms with Crippen molar-refractivity contribution in [1.29, 1.82) is 0 Å². The highest BCUT2D eigenvalue weighted by Crippen LogP contribution is 2.48. The summed E-state index contributed by atoms with van der Waals surface area (Å²) >= 11 is 0. The molecule has 0 spiro atoms. The van der Waals surface area contributed by atoms with Crippen LogP contribution in [0.2, 0.25) is 0 Å². The molecule has 0 aromatic rings. The summed E-state index contributed by atoms with van der Waals surface area (Å²) in [5.41, 5.74) is -0.953. The van der Waals surface area contributed by atoms with E-state index in [1.807, 2.05) is 23.6 Å². The first-order chi connectivity index (χ1) is 10.6. The second-order valence-corrected chi connectivity index (χ2v) is 7.90. The molecule has 4 fully saturated rings. The zero-order chi connectivity index (χ0) is 17.2. The molecule has 4 atom stereocenters. The van der Waals surface area contributed by atoms with Crippen LogP contribution in [0, 0.1) is 10.8 Å². The summed E-state index contributed by atoms with van der Waals surface area (Å²) in [7, 11) is 0. The maximum absolute atomic E-state index is 12.6. The van der Waals surface area contributed by atoms with Crippen molar-refractivity contribution in [3.63, 3.8) is 0 Å². The summed E-state index contributed by atoms with van der Waals surface area (Å²) in [5.74, 6) is 0.252. The number of nitrogens with zero attached hydrogens (tertiary/aromatic N) is 2. The minimum absolute atomic E-state index is 0.252. The van der Waals surface area contributed by atoms with Gasteiger partial charge in [-0.1, -0.05) is 13.8 Å². The Morgan fingerprint density at radius 2 is 1.43 bits per heavy atom. The Hall–Kier alpha value is -0.610. The van der Waals surface area contributed by atoms with E-state index in [4.69, 9.17) is 5.11 Å². The van der Waals surface area contributed by atoms with Gasteiger partial charge >= 0.3 is 0 Å². The predicted molar refractivity (Wildman–Crippen MR) is 79.3 cm³/mol. The van der Waals surface area contributed by atoms with E-state index >= 15 is 0 Å². The summed E-state index contributed by atoms with van der Waals surface area (Å²) in [6.45, 7) is 5.17. The third-order valence-electron chi connectivity index (χ3n) is 5.64. The number of rotatable bonds is 5. The topological polar surface area (TPSA) is 125 Å². The molecule has 4 heterocycles. The number of ketones is 1. The summed E-state index contributed by atoms with van der Waals surface area (Å²) in [6.07, 6.45) is -6.57. The van der Waals surface area contributed by atoms with Crippen LogP contribution in [0.5, 0.6) is 0 Å². The largest absolute Gasteiger partial charge is 0.394 e. The zero-order valence-corrected chi connectivity index (χ0v) is 13.5. The molecule has 0 aromatic heterocycles. The zero-order valence-electron chi connectivity index (χ0n) is 13.5. The molecule has 0 amide bonds. The molecule has 0 aromatic carbocycles. The third kappa shape index (κ3) is 2.44. The van der Waals surface area contributed by atoms with Gasteiger partial charge < -0.3 is 25.5 Å². The van der Waals surface area contributed by atoms with Crippen LogP contribution in [0.15, 0.2) is 0 Å². The number of aliphatic hydroxyl groups is 5. The lowest BCUT2D eigenvalue weighted by atomic mass is 9.61. The van der Waals surface area contributed by atoms with Crippen molar-refractivity contribution in [2.75, 3.05) is 32.8 Å². The fourth-order valence-corrected chi connectivity index (χ4v) is 4.77. The molecule has 8 nitrogen and oxygen atoms in total. The van der Waals surface area contributed by atoms with E-state index in [1.165, 1.54) is 0 Å². The third-order valence-corrected chi connectivity index (χ3v) is 5.64. The number of Topliss-reactive ketones (excluding diaryl/α,β-unsaturated/α-hetero) is 1. The molecular formula is C15H26N2O6. The lowest BCUT2D eigenvalue weighted by Crippen LogP contribution is -2.80. The van der Waals surface area contributed by atoms with E-state index in [-0.39, 0.29) is 5.78 Å². The van der Waals surface area contributed by atoms with Gasteiger partial charge in [-0.3, -0.25) is 14.6 Å². The molecular weight excluding hydrogens is 304 g/mol. The van der Waals surface area contributed by atoms with Crippen LogP contribution in [0.4, 0.5) is 0 Å². The minimum atomic E-state index is -1.64. The normalized spacial score (nSPS) is 47.4. The van der Waals surface area contributed by atoms with E-state index in [2.05, 4.69) is 0 Å². The first-order valence-electron chi connectivity index (χ1n) is 7.99.